The van der Waals surface area contributed by atoms with Crippen molar-refractivity contribution in [3.05, 3.63) is 0 Å². The first-order valence-corrected chi connectivity index (χ1v) is 15.7. The lowest BCUT2D eigenvalue weighted by Crippen LogP contribution is -2.59. The van der Waals surface area contributed by atoms with E-state index in [1.807, 2.05) is 0 Å². The molecule has 4 nitrogen and oxygen atoms in total. The van der Waals surface area contributed by atoms with Crippen LogP contribution in [0.5, 0.6) is 0 Å². The number of aliphatic hydroxyl groups is 1. The largest absolute Gasteiger partial charge is 0.405 e. The van der Waals surface area contributed by atoms with Crippen molar-refractivity contribution in [2.45, 2.75) is 102 Å². The number of hydrogen-bond acceptors (Lipinski definition) is 4. The molecule has 0 aliphatic carbocycles. The Bertz CT molecular complexity index is 522. The average Bonchev–Trinajstić information content (AvgIpc) is 2.90. The SMILES string of the molecule is CC(C)[Si](O[C@@H]1[C@@H]2OC[C@@H](O2)[C@@H](C#C[Si](C)(C)C)[C@@H]1O)(C(C)C)C(C)C. The number of ether oxygens (including phenoxy) is 2. The third kappa shape index (κ3) is 4.29. The minimum atomic E-state index is -2.15. The van der Waals surface area contributed by atoms with Gasteiger partial charge in [-0.2, -0.15) is 0 Å². The topological polar surface area (TPSA) is 47.9 Å². The first kappa shape index (κ1) is 22.1. The van der Waals surface area contributed by atoms with Crippen LogP contribution in [0, 0.1) is 17.4 Å². The second kappa shape index (κ2) is 8.06. The van der Waals surface area contributed by atoms with Gasteiger partial charge in [-0.05, 0) is 16.6 Å². The van der Waals surface area contributed by atoms with E-state index in [1.54, 1.807) is 0 Å². The molecule has 0 saturated carbocycles. The van der Waals surface area contributed by atoms with Crippen molar-refractivity contribution in [3.8, 4) is 11.5 Å². The predicted octanol–water partition coefficient (Wildman–Crippen LogP) is 4.16. The lowest BCUT2D eigenvalue weighted by molar-refractivity contribution is -0.199. The van der Waals surface area contributed by atoms with Crippen molar-refractivity contribution in [1.29, 1.82) is 0 Å². The predicted molar refractivity (Wildman–Crippen MR) is 111 cm³/mol. The summed E-state index contributed by atoms with van der Waals surface area (Å²) in [6.07, 6.45) is -1.73. The highest BCUT2D eigenvalue weighted by molar-refractivity contribution is 6.83. The molecule has 2 aliphatic heterocycles. The van der Waals surface area contributed by atoms with Crippen molar-refractivity contribution in [2.24, 2.45) is 5.92 Å². The molecular weight excluding hydrogens is 360 g/mol. The van der Waals surface area contributed by atoms with Gasteiger partial charge in [0.05, 0.1) is 12.5 Å². The van der Waals surface area contributed by atoms with Gasteiger partial charge in [-0.15, -0.1) is 11.5 Å². The molecular formula is C20H38O4Si2. The van der Waals surface area contributed by atoms with Crippen LogP contribution in [0.1, 0.15) is 41.5 Å². The number of hydrogen-bond donors (Lipinski definition) is 1. The Balaban J connectivity index is 2.33. The first-order chi connectivity index (χ1) is 11.9. The Hall–Kier alpha value is -0.166. The van der Waals surface area contributed by atoms with Gasteiger partial charge in [0.2, 0.25) is 8.32 Å². The zero-order valence-electron chi connectivity index (χ0n) is 18.0. The molecule has 6 heteroatoms. The fourth-order valence-electron chi connectivity index (χ4n) is 4.63. The summed E-state index contributed by atoms with van der Waals surface area (Å²) in [6.45, 7) is 20.7. The van der Waals surface area contributed by atoms with Crippen LogP contribution < -0.4 is 0 Å². The van der Waals surface area contributed by atoms with Gasteiger partial charge in [0.15, 0.2) is 6.29 Å². The van der Waals surface area contributed by atoms with E-state index in [-0.39, 0.29) is 12.0 Å². The van der Waals surface area contributed by atoms with Gasteiger partial charge in [0.25, 0.3) is 0 Å². The monoisotopic (exact) mass is 398 g/mol. The summed E-state index contributed by atoms with van der Waals surface area (Å²) in [7, 11) is -3.67. The normalized spacial score (nSPS) is 32.3. The lowest BCUT2D eigenvalue weighted by Gasteiger charge is -2.48. The molecule has 2 heterocycles. The first-order valence-electron chi connectivity index (χ1n) is 10.1. The fraction of sp³-hybridized carbons (Fsp3) is 0.900. The van der Waals surface area contributed by atoms with Crippen molar-refractivity contribution < 1.29 is 19.0 Å². The number of aliphatic hydroxyl groups excluding tert-OH is 1. The minimum Gasteiger partial charge on any atom is -0.405 e. The average molecular weight is 399 g/mol. The van der Waals surface area contributed by atoms with E-state index in [0.717, 1.165) is 0 Å². The summed E-state index contributed by atoms with van der Waals surface area (Å²) < 4.78 is 18.8. The molecule has 2 saturated heterocycles. The molecule has 150 valence electrons. The van der Waals surface area contributed by atoms with Crippen molar-refractivity contribution in [1.82, 2.24) is 0 Å². The van der Waals surface area contributed by atoms with Crippen LogP contribution in [0.2, 0.25) is 36.3 Å². The molecule has 0 spiro atoms. The van der Waals surface area contributed by atoms with E-state index in [1.165, 1.54) is 0 Å². The molecule has 2 rings (SSSR count). The minimum absolute atomic E-state index is 0.146. The van der Waals surface area contributed by atoms with Crippen LogP contribution in [0.15, 0.2) is 0 Å². The highest BCUT2D eigenvalue weighted by atomic mass is 28.4. The Morgan fingerprint density at radius 2 is 1.54 bits per heavy atom. The van der Waals surface area contributed by atoms with Crippen LogP contribution >= 0.6 is 0 Å². The van der Waals surface area contributed by atoms with Gasteiger partial charge in [0, 0.05) is 0 Å². The van der Waals surface area contributed by atoms with Crippen LogP contribution in [0.25, 0.3) is 0 Å². The second-order valence-corrected chi connectivity index (χ2v) is 20.0. The molecule has 0 aromatic carbocycles. The van der Waals surface area contributed by atoms with Gasteiger partial charge in [-0.1, -0.05) is 61.2 Å². The molecule has 1 N–H and O–H groups in total. The maximum atomic E-state index is 11.2. The lowest BCUT2D eigenvalue weighted by atomic mass is 9.91. The maximum absolute atomic E-state index is 11.2. The molecule has 26 heavy (non-hydrogen) atoms. The van der Waals surface area contributed by atoms with Crippen molar-refractivity contribution >= 4 is 16.4 Å². The van der Waals surface area contributed by atoms with Crippen LogP contribution in [-0.4, -0.2) is 52.7 Å². The third-order valence-electron chi connectivity index (χ3n) is 5.77. The summed E-state index contributed by atoms with van der Waals surface area (Å²) in [4.78, 5) is 0. The van der Waals surface area contributed by atoms with Gasteiger partial charge >= 0.3 is 0 Å². The Labute approximate surface area is 162 Å². The van der Waals surface area contributed by atoms with Crippen LogP contribution in [0.4, 0.5) is 0 Å². The summed E-state index contributed by atoms with van der Waals surface area (Å²) in [6, 6.07) is 0. The third-order valence-corrected chi connectivity index (χ3v) is 12.8. The number of rotatable bonds is 5. The quantitative estimate of drug-likeness (QED) is 0.558. The molecule has 0 unspecified atom stereocenters. The summed E-state index contributed by atoms with van der Waals surface area (Å²) >= 11 is 0. The van der Waals surface area contributed by atoms with Crippen molar-refractivity contribution in [2.75, 3.05) is 6.61 Å². The zero-order chi connectivity index (χ0) is 19.9. The van der Waals surface area contributed by atoms with E-state index in [2.05, 4.69) is 72.6 Å². The van der Waals surface area contributed by atoms with E-state index >= 15 is 0 Å². The molecule has 2 fully saturated rings. The smallest absolute Gasteiger partial charge is 0.201 e. The molecule has 0 amide bonds. The molecule has 2 aliphatic rings. The van der Waals surface area contributed by atoms with Gasteiger partial charge in [-0.3, -0.25) is 0 Å². The standard InChI is InChI=1S/C20H38O4Si2/c1-13(2)26(14(3)4,15(5)6)24-19-18(21)16(10-11-25(7,8)9)17-12-22-20(19)23-17/h13-21H,12H2,1-9H3/t16-,17-,18+,19+,20-/m1/s1. The van der Waals surface area contributed by atoms with E-state index in [4.69, 9.17) is 13.9 Å². The Morgan fingerprint density at radius 3 is 2.00 bits per heavy atom. The zero-order valence-corrected chi connectivity index (χ0v) is 20.0. The Morgan fingerprint density at radius 1 is 1.00 bits per heavy atom. The van der Waals surface area contributed by atoms with Crippen molar-refractivity contribution in [3.63, 3.8) is 0 Å². The molecule has 0 aromatic heterocycles. The van der Waals surface area contributed by atoms with E-state index < -0.39 is 34.9 Å². The van der Waals surface area contributed by atoms with Crippen LogP contribution in [0.3, 0.4) is 0 Å². The van der Waals surface area contributed by atoms with E-state index in [9.17, 15) is 5.11 Å². The van der Waals surface area contributed by atoms with E-state index in [0.29, 0.717) is 23.2 Å². The van der Waals surface area contributed by atoms with Gasteiger partial charge in [0.1, 0.15) is 26.4 Å². The van der Waals surface area contributed by atoms with Gasteiger partial charge in [-0.25, -0.2) is 0 Å². The summed E-state index contributed by atoms with van der Waals surface area (Å²) in [5.41, 5.74) is 4.74. The van der Waals surface area contributed by atoms with Gasteiger partial charge < -0.3 is 19.0 Å². The highest BCUT2D eigenvalue weighted by Gasteiger charge is 2.55. The molecule has 0 radical (unpaired) electrons. The second-order valence-electron chi connectivity index (χ2n) is 9.81. The summed E-state index contributed by atoms with van der Waals surface area (Å²) in [5, 5.41) is 11.2. The summed E-state index contributed by atoms with van der Waals surface area (Å²) in [5.74, 6) is 3.10. The Kier molecular flexibility index (Phi) is 6.86. The molecule has 5 atom stereocenters. The molecule has 0 aromatic rings. The highest BCUT2D eigenvalue weighted by Crippen LogP contribution is 2.46. The fourth-order valence-corrected chi connectivity index (χ4v) is 10.8. The van der Waals surface area contributed by atoms with Crippen LogP contribution in [-0.2, 0) is 13.9 Å². The number of fused-ring (bicyclic) bond motifs is 2. The molecule has 2 bridgehead atoms. The maximum Gasteiger partial charge on any atom is 0.201 e.